The fraction of sp³-hybridized carbons (Fsp3) is 0.455. The van der Waals surface area contributed by atoms with E-state index in [-0.39, 0.29) is 37.4 Å². The molecule has 0 radical (unpaired) electrons. The van der Waals surface area contributed by atoms with Crippen molar-refractivity contribution in [3.63, 3.8) is 0 Å². The highest BCUT2D eigenvalue weighted by atomic mass is 16.7. The number of rotatable bonds is 4. The summed E-state index contributed by atoms with van der Waals surface area (Å²) in [6, 6.07) is 1.80. The van der Waals surface area contributed by atoms with Gasteiger partial charge >= 0.3 is 11.9 Å². The first-order valence-electron chi connectivity index (χ1n) is 9.69. The van der Waals surface area contributed by atoms with Crippen molar-refractivity contribution in [2.24, 2.45) is 11.3 Å². The minimum atomic E-state index is -0.556. The summed E-state index contributed by atoms with van der Waals surface area (Å²) in [4.78, 5) is 25.2. The van der Waals surface area contributed by atoms with Gasteiger partial charge in [0.25, 0.3) is 0 Å². The molecule has 1 saturated heterocycles. The molecule has 0 amide bonds. The molecule has 4 atom stereocenters. The van der Waals surface area contributed by atoms with Crippen molar-refractivity contribution in [3.8, 4) is 0 Å². The lowest BCUT2D eigenvalue weighted by Gasteiger charge is -2.40. The van der Waals surface area contributed by atoms with E-state index in [9.17, 15) is 9.59 Å². The van der Waals surface area contributed by atoms with Gasteiger partial charge in [0.15, 0.2) is 6.10 Å². The number of carbonyl (C=O) groups excluding carboxylic acids is 2. The van der Waals surface area contributed by atoms with Crippen molar-refractivity contribution in [1.82, 2.24) is 0 Å². The van der Waals surface area contributed by atoms with Gasteiger partial charge in [0.2, 0.25) is 0 Å². The Morgan fingerprint density at radius 1 is 1.31 bits per heavy atom. The third-order valence-electron chi connectivity index (χ3n) is 6.52. The first kappa shape index (κ1) is 18.4. The predicted octanol–water partition coefficient (Wildman–Crippen LogP) is 3.00. The van der Waals surface area contributed by atoms with Gasteiger partial charge in [0, 0.05) is 18.2 Å². The van der Waals surface area contributed by atoms with Gasteiger partial charge in [-0.2, -0.15) is 0 Å². The zero-order chi connectivity index (χ0) is 20.2. The number of hydrogen-bond donors (Lipinski definition) is 0. The molecule has 1 aromatic heterocycles. The van der Waals surface area contributed by atoms with E-state index in [4.69, 9.17) is 23.4 Å². The molecule has 2 aliphatic carbocycles. The van der Waals surface area contributed by atoms with E-state index in [1.807, 2.05) is 13.0 Å². The lowest BCUT2D eigenvalue weighted by Crippen LogP contribution is -2.41. The van der Waals surface area contributed by atoms with E-state index in [0.29, 0.717) is 18.4 Å². The molecule has 4 aliphatic rings. The predicted molar refractivity (Wildman–Crippen MR) is 99.3 cm³/mol. The number of hydrogen-bond acceptors (Lipinski definition) is 7. The van der Waals surface area contributed by atoms with Crippen molar-refractivity contribution < 1.29 is 33.0 Å². The van der Waals surface area contributed by atoms with E-state index >= 15 is 0 Å². The first-order chi connectivity index (χ1) is 14.0. The Morgan fingerprint density at radius 3 is 2.93 bits per heavy atom. The van der Waals surface area contributed by atoms with Crippen LogP contribution in [0.1, 0.15) is 31.4 Å². The Bertz CT molecular complexity index is 952. The molecule has 1 saturated carbocycles. The average molecular weight is 398 g/mol. The Morgan fingerprint density at radius 2 is 2.17 bits per heavy atom. The lowest BCUT2D eigenvalue weighted by molar-refractivity contribution is -0.144. The zero-order valence-corrected chi connectivity index (χ0v) is 16.3. The van der Waals surface area contributed by atoms with Gasteiger partial charge in [-0.25, -0.2) is 4.79 Å². The maximum Gasteiger partial charge on any atom is 0.339 e. The van der Waals surface area contributed by atoms with Crippen LogP contribution in [0.15, 0.2) is 57.5 Å². The number of esters is 2. The van der Waals surface area contributed by atoms with Crippen LogP contribution in [0.4, 0.5) is 0 Å². The van der Waals surface area contributed by atoms with Gasteiger partial charge in [-0.05, 0) is 31.4 Å². The number of ether oxygens (including phenoxy) is 4. The zero-order valence-electron chi connectivity index (χ0n) is 16.3. The van der Waals surface area contributed by atoms with Crippen LogP contribution in [0.25, 0.3) is 0 Å². The molecular formula is C22H22O7. The molecule has 5 rings (SSSR count). The molecular weight excluding hydrogens is 376 g/mol. The van der Waals surface area contributed by atoms with Gasteiger partial charge in [-0.3, -0.25) is 4.79 Å². The molecule has 0 aromatic carbocycles. The number of furan rings is 1. The van der Waals surface area contributed by atoms with Crippen LogP contribution < -0.4 is 0 Å². The minimum Gasteiger partial charge on any atom is -0.472 e. The van der Waals surface area contributed by atoms with Crippen LogP contribution in [0, 0.1) is 11.3 Å². The Hall–Kier alpha value is -2.64. The van der Waals surface area contributed by atoms with Crippen LogP contribution in [0.5, 0.6) is 0 Å². The third-order valence-corrected chi connectivity index (χ3v) is 6.52. The van der Waals surface area contributed by atoms with E-state index in [2.05, 4.69) is 0 Å². The van der Waals surface area contributed by atoms with Crippen molar-refractivity contribution in [2.75, 3.05) is 20.5 Å². The summed E-state index contributed by atoms with van der Waals surface area (Å²) in [5, 5.41) is 0. The van der Waals surface area contributed by atoms with Crippen molar-refractivity contribution >= 4 is 11.9 Å². The second-order valence-electron chi connectivity index (χ2n) is 7.94. The number of cyclic esters (lactones) is 2. The van der Waals surface area contributed by atoms with Crippen molar-refractivity contribution in [2.45, 2.75) is 32.0 Å². The van der Waals surface area contributed by atoms with Gasteiger partial charge < -0.3 is 23.4 Å². The molecule has 152 valence electrons. The monoisotopic (exact) mass is 398 g/mol. The van der Waals surface area contributed by atoms with Gasteiger partial charge in [0.1, 0.15) is 13.4 Å². The highest BCUT2D eigenvalue weighted by Crippen LogP contribution is 2.56. The van der Waals surface area contributed by atoms with Crippen molar-refractivity contribution in [3.05, 3.63) is 58.6 Å². The Kier molecular flexibility index (Phi) is 4.26. The molecule has 0 bridgehead atoms. The number of carbonyl (C=O) groups is 2. The van der Waals surface area contributed by atoms with Crippen LogP contribution in [-0.4, -0.2) is 38.6 Å². The molecule has 3 heterocycles. The summed E-state index contributed by atoms with van der Waals surface area (Å²) >= 11 is 0. The smallest absolute Gasteiger partial charge is 0.339 e. The lowest BCUT2D eigenvalue weighted by atomic mass is 9.62. The maximum atomic E-state index is 12.7. The van der Waals surface area contributed by atoms with E-state index in [1.165, 1.54) is 0 Å². The highest BCUT2D eigenvalue weighted by molar-refractivity contribution is 5.97. The molecule has 2 fully saturated rings. The fourth-order valence-electron chi connectivity index (χ4n) is 5.12. The molecule has 7 nitrogen and oxygen atoms in total. The third kappa shape index (κ3) is 2.64. The molecule has 2 aliphatic heterocycles. The molecule has 29 heavy (non-hydrogen) atoms. The molecule has 0 unspecified atom stereocenters. The average Bonchev–Trinajstić information content (AvgIpc) is 3.41. The van der Waals surface area contributed by atoms with Gasteiger partial charge in [-0.1, -0.05) is 17.7 Å². The normalized spacial score (nSPS) is 33.2. The van der Waals surface area contributed by atoms with Crippen LogP contribution >= 0.6 is 0 Å². The van der Waals surface area contributed by atoms with Gasteiger partial charge in [0.05, 0.1) is 35.5 Å². The minimum absolute atomic E-state index is 0.161. The molecule has 1 aromatic rings. The van der Waals surface area contributed by atoms with Gasteiger partial charge in [-0.15, -0.1) is 0 Å². The van der Waals surface area contributed by atoms with E-state index in [0.717, 1.165) is 22.3 Å². The van der Waals surface area contributed by atoms with Crippen molar-refractivity contribution in [1.29, 1.82) is 0 Å². The fourth-order valence-corrected chi connectivity index (χ4v) is 5.12. The standard InChI is InChI=1S/C22H22O7/c1-12-16-7-14(28-11-25-2)8-17-21(24)27-10-22(16,17)5-3-15-18(12)19(29-20(15)23)13-4-6-26-9-13/h3-6,9,14,17,19H,7-8,10-11H2,1-2H3/t14-,17+,19+,22+/m1/s1. The summed E-state index contributed by atoms with van der Waals surface area (Å²) in [5.74, 6) is -0.934. The number of methoxy groups -OCH3 is 1. The maximum absolute atomic E-state index is 12.7. The summed E-state index contributed by atoms with van der Waals surface area (Å²) in [6.07, 6.45) is 7.43. The second kappa shape index (κ2) is 6.71. The topological polar surface area (TPSA) is 84.2 Å². The Labute approximate surface area is 167 Å². The molecule has 7 heteroatoms. The van der Waals surface area contributed by atoms with Crippen LogP contribution in [-0.2, 0) is 28.5 Å². The first-order valence-corrected chi connectivity index (χ1v) is 9.69. The molecule has 0 N–H and O–H groups in total. The Balaban J connectivity index is 1.64. The molecule has 1 spiro atoms. The highest BCUT2D eigenvalue weighted by Gasteiger charge is 2.57. The largest absolute Gasteiger partial charge is 0.472 e. The van der Waals surface area contributed by atoms with Crippen LogP contribution in [0.2, 0.25) is 0 Å². The van der Waals surface area contributed by atoms with E-state index in [1.54, 1.807) is 31.8 Å². The SMILES string of the molecule is COCO[C@@H]1CC2=C(C)C3=C(C=C[C@]24COC(=O)[C@@H]4C1)C(=O)O[C@H]3c1ccoc1. The van der Waals surface area contributed by atoms with E-state index < -0.39 is 11.5 Å². The second-order valence-corrected chi connectivity index (χ2v) is 7.94. The summed E-state index contributed by atoms with van der Waals surface area (Å²) < 4.78 is 27.3. The summed E-state index contributed by atoms with van der Waals surface area (Å²) in [5.41, 5.74) is 3.60. The quantitative estimate of drug-likeness (QED) is 0.569. The summed E-state index contributed by atoms with van der Waals surface area (Å²) in [6.45, 7) is 2.43. The van der Waals surface area contributed by atoms with Crippen LogP contribution in [0.3, 0.4) is 0 Å². The summed E-state index contributed by atoms with van der Waals surface area (Å²) in [7, 11) is 1.57.